The molecule has 1 aliphatic heterocycles. The number of thiazole rings is 1. The van der Waals surface area contributed by atoms with Crippen LogP contribution in [-0.2, 0) is 0 Å². The largest absolute Gasteiger partial charge is 0.338 e. The van der Waals surface area contributed by atoms with Crippen LogP contribution in [0.25, 0.3) is 10.2 Å². The summed E-state index contributed by atoms with van der Waals surface area (Å²) in [5.74, 6) is 0.462. The maximum atomic E-state index is 12.8. The average Bonchev–Trinajstić information content (AvgIpc) is 3.06. The number of hydrogen-bond donors (Lipinski definition) is 0. The normalized spacial score (nSPS) is 18.0. The third-order valence-corrected chi connectivity index (χ3v) is 6.19. The Morgan fingerprint density at radius 1 is 1.17 bits per heavy atom. The summed E-state index contributed by atoms with van der Waals surface area (Å²) in [5.41, 5.74) is 1.82. The van der Waals surface area contributed by atoms with Gasteiger partial charge in [-0.25, -0.2) is 4.98 Å². The monoisotopic (exact) mass is 400 g/mol. The maximum Gasteiger partial charge on any atom is 0.253 e. The molecule has 5 heteroatoms. The number of para-hydroxylation sites is 1. The molecule has 1 fully saturated rings. The quantitative estimate of drug-likeness (QED) is 0.600. The lowest BCUT2D eigenvalue weighted by Crippen LogP contribution is -2.39. The van der Waals surface area contributed by atoms with Crippen LogP contribution in [0.3, 0.4) is 0 Å². The topological polar surface area (TPSA) is 33.2 Å². The molecule has 1 saturated heterocycles. The maximum absolute atomic E-state index is 12.8. The summed E-state index contributed by atoms with van der Waals surface area (Å²) in [7, 11) is 0. The van der Waals surface area contributed by atoms with Crippen LogP contribution in [0.2, 0.25) is 0 Å². The first kappa shape index (κ1) is 15.8. The van der Waals surface area contributed by atoms with Crippen molar-refractivity contribution in [2.45, 2.75) is 18.8 Å². The van der Waals surface area contributed by atoms with E-state index in [1.54, 1.807) is 11.3 Å². The third kappa shape index (κ3) is 3.10. The highest BCUT2D eigenvalue weighted by atomic mass is 79.9. The Hall–Kier alpha value is -1.72. The van der Waals surface area contributed by atoms with Crippen LogP contribution in [0.5, 0.6) is 0 Å². The van der Waals surface area contributed by atoms with Gasteiger partial charge < -0.3 is 4.90 Å². The van der Waals surface area contributed by atoms with Crippen molar-refractivity contribution in [1.29, 1.82) is 0 Å². The van der Waals surface area contributed by atoms with Crippen molar-refractivity contribution in [3.8, 4) is 0 Å². The van der Waals surface area contributed by atoms with E-state index in [2.05, 4.69) is 34.1 Å². The van der Waals surface area contributed by atoms with Gasteiger partial charge in [-0.2, -0.15) is 0 Å². The molecule has 2 heterocycles. The highest BCUT2D eigenvalue weighted by Gasteiger charge is 2.27. The van der Waals surface area contributed by atoms with E-state index in [0.29, 0.717) is 5.92 Å². The lowest BCUT2D eigenvalue weighted by atomic mass is 9.98. The number of likely N-dealkylation sites (tertiary alicyclic amines) is 1. The second kappa shape index (κ2) is 6.65. The van der Waals surface area contributed by atoms with Gasteiger partial charge >= 0.3 is 0 Å². The van der Waals surface area contributed by atoms with Crippen LogP contribution in [0.1, 0.15) is 34.1 Å². The minimum absolute atomic E-state index is 0.119. The Morgan fingerprint density at radius 3 is 2.75 bits per heavy atom. The van der Waals surface area contributed by atoms with Gasteiger partial charge in [0.2, 0.25) is 0 Å². The molecule has 24 heavy (non-hydrogen) atoms. The molecule has 0 radical (unpaired) electrons. The smallest absolute Gasteiger partial charge is 0.253 e. The van der Waals surface area contributed by atoms with Crippen molar-refractivity contribution in [3.63, 3.8) is 0 Å². The van der Waals surface area contributed by atoms with Crippen molar-refractivity contribution in [2.24, 2.45) is 0 Å². The van der Waals surface area contributed by atoms with Crippen LogP contribution in [-0.4, -0.2) is 28.9 Å². The summed E-state index contributed by atoms with van der Waals surface area (Å²) in [5, 5.41) is 1.16. The van der Waals surface area contributed by atoms with Gasteiger partial charge in [-0.3, -0.25) is 4.79 Å². The number of rotatable bonds is 2. The van der Waals surface area contributed by atoms with Gasteiger partial charge in [0.05, 0.1) is 15.2 Å². The fourth-order valence-electron chi connectivity index (χ4n) is 3.20. The van der Waals surface area contributed by atoms with E-state index in [0.717, 1.165) is 46.5 Å². The first-order valence-electron chi connectivity index (χ1n) is 8.11. The zero-order valence-corrected chi connectivity index (χ0v) is 15.5. The molecular weight excluding hydrogens is 384 g/mol. The summed E-state index contributed by atoms with van der Waals surface area (Å²) in [4.78, 5) is 19.5. The Labute approximate surface area is 153 Å². The molecule has 3 nitrogen and oxygen atoms in total. The highest BCUT2D eigenvalue weighted by Crippen LogP contribution is 2.33. The number of carbonyl (C=O) groups is 1. The van der Waals surface area contributed by atoms with Crippen molar-refractivity contribution < 1.29 is 4.79 Å². The molecule has 0 unspecified atom stereocenters. The molecule has 1 aromatic heterocycles. The summed E-state index contributed by atoms with van der Waals surface area (Å²) in [6.07, 6.45) is 2.13. The van der Waals surface area contributed by atoms with Crippen LogP contribution in [0.15, 0.2) is 53.0 Å². The lowest BCUT2D eigenvalue weighted by molar-refractivity contribution is 0.0707. The van der Waals surface area contributed by atoms with Gasteiger partial charge in [-0.15, -0.1) is 11.3 Å². The van der Waals surface area contributed by atoms with Gasteiger partial charge in [0.1, 0.15) is 0 Å². The fourth-order valence-corrected chi connectivity index (χ4v) is 4.56. The van der Waals surface area contributed by atoms with Crippen molar-refractivity contribution >= 4 is 43.4 Å². The second-order valence-electron chi connectivity index (χ2n) is 6.12. The molecule has 1 aliphatic rings. The number of aromatic nitrogens is 1. The van der Waals surface area contributed by atoms with E-state index in [4.69, 9.17) is 4.98 Å². The zero-order valence-electron chi connectivity index (χ0n) is 13.1. The van der Waals surface area contributed by atoms with Crippen LogP contribution in [0, 0.1) is 0 Å². The number of benzene rings is 2. The summed E-state index contributed by atoms with van der Waals surface area (Å²) >= 11 is 5.18. The van der Waals surface area contributed by atoms with Crippen LogP contribution in [0.4, 0.5) is 0 Å². The molecule has 0 aliphatic carbocycles. The van der Waals surface area contributed by atoms with E-state index < -0.39 is 0 Å². The molecular formula is C19H17BrN2OS. The summed E-state index contributed by atoms with van der Waals surface area (Å²) in [6, 6.07) is 15.9. The van der Waals surface area contributed by atoms with E-state index in [-0.39, 0.29) is 5.91 Å². The Bertz CT molecular complexity index is 841. The van der Waals surface area contributed by atoms with Crippen LogP contribution >= 0.6 is 27.3 Å². The van der Waals surface area contributed by atoms with E-state index in [1.165, 1.54) is 4.70 Å². The minimum Gasteiger partial charge on any atom is -0.338 e. The zero-order chi connectivity index (χ0) is 16.5. The number of piperidine rings is 1. The number of halogens is 1. The SMILES string of the molecule is O=C(c1ccc(Br)cc1)N1CCC[C@H](c2nc3ccccc3s2)C1. The Kier molecular flexibility index (Phi) is 4.37. The van der Waals surface area contributed by atoms with Gasteiger partial charge in [-0.1, -0.05) is 28.1 Å². The number of fused-ring (bicyclic) bond motifs is 1. The first-order valence-corrected chi connectivity index (χ1v) is 9.72. The molecule has 1 amide bonds. The number of nitrogens with zero attached hydrogens (tertiary/aromatic N) is 2. The van der Waals surface area contributed by atoms with Crippen molar-refractivity contribution in [2.75, 3.05) is 13.1 Å². The van der Waals surface area contributed by atoms with Crippen molar-refractivity contribution in [1.82, 2.24) is 9.88 Å². The van der Waals surface area contributed by atoms with Gasteiger partial charge in [0.15, 0.2) is 0 Å². The Morgan fingerprint density at radius 2 is 1.96 bits per heavy atom. The van der Waals surface area contributed by atoms with E-state index >= 15 is 0 Å². The molecule has 1 atom stereocenters. The fraction of sp³-hybridized carbons (Fsp3) is 0.263. The van der Waals surface area contributed by atoms with Gasteiger partial charge in [0.25, 0.3) is 5.91 Å². The third-order valence-electron chi connectivity index (χ3n) is 4.46. The number of hydrogen-bond acceptors (Lipinski definition) is 3. The molecule has 2 aromatic carbocycles. The minimum atomic E-state index is 0.119. The molecule has 4 rings (SSSR count). The van der Waals surface area contributed by atoms with Gasteiger partial charge in [-0.05, 0) is 49.2 Å². The first-order chi connectivity index (χ1) is 11.7. The summed E-state index contributed by atoms with van der Waals surface area (Å²) < 4.78 is 2.22. The van der Waals surface area contributed by atoms with Crippen LogP contribution < -0.4 is 0 Å². The van der Waals surface area contributed by atoms with Crippen molar-refractivity contribution in [3.05, 3.63) is 63.6 Å². The van der Waals surface area contributed by atoms with E-state index in [1.807, 2.05) is 35.2 Å². The second-order valence-corrected chi connectivity index (χ2v) is 8.09. The predicted octanol–water partition coefficient (Wildman–Crippen LogP) is 5.08. The molecule has 0 spiro atoms. The number of amides is 1. The molecule has 0 bridgehead atoms. The summed E-state index contributed by atoms with van der Waals surface area (Å²) in [6.45, 7) is 1.59. The van der Waals surface area contributed by atoms with E-state index in [9.17, 15) is 4.79 Å². The highest BCUT2D eigenvalue weighted by molar-refractivity contribution is 9.10. The number of carbonyl (C=O) groups excluding carboxylic acids is 1. The molecule has 122 valence electrons. The molecule has 3 aromatic rings. The average molecular weight is 401 g/mol. The Balaban J connectivity index is 1.54. The molecule has 0 N–H and O–H groups in total. The standard InChI is InChI=1S/C19H17BrN2OS/c20-15-9-7-13(8-10-15)19(23)22-11-3-4-14(12-22)18-21-16-5-1-2-6-17(16)24-18/h1-2,5-10,14H,3-4,11-12H2/t14-/m0/s1. The lowest BCUT2D eigenvalue weighted by Gasteiger charge is -2.32. The predicted molar refractivity (Wildman–Crippen MR) is 102 cm³/mol. The van der Waals surface area contributed by atoms with Gasteiger partial charge in [0, 0.05) is 29.0 Å². The molecule has 0 saturated carbocycles.